The molecule has 1 heterocycles. The van der Waals surface area contributed by atoms with E-state index in [-0.39, 0.29) is 5.76 Å². The molecule has 0 atom stereocenters. The Hall–Kier alpha value is -1.89. The van der Waals surface area contributed by atoms with Gasteiger partial charge in [0.15, 0.2) is 5.88 Å². The van der Waals surface area contributed by atoms with Crippen LogP contribution in [0.25, 0.3) is 0 Å². The second-order valence-electron chi connectivity index (χ2n) is 2.66. The first-order valence-electron chi connectivity index (χ1n) is 4.20. The third-order valence-corrected chi connectivity index (χ3v) is 1.78. The van der Waals surface area contributed by atoms with Crippen LogP contribution in [0.4, 0.5) is 5.88 Å². The van der Waals surface area contributed by atoms with Gasteiger partial charge in [0.1, 0.15) is 0 Å². The smallest absolute Gasteiger partial charge is 0.371 e. The second kappa shape index (κ2) is 4.38. The van der Waals surface area contributed by atoms with E-state index >= 15 is 0 Å². The van der Waals surface area contributed by atoms with Gasteiger partial charge in [0.2, 0.25) is 5.76 Å². The van der Waals surface area contributed by atoms with Gasteiger partial charge in [-0.1, -0.05) is 5.92 Å². The number of terminal acetylenes is 1. The number of carboxylic acid groups (broad SMARTS) is 1. The maximum atomic E-state index is 10.5. The molecule has 0 spiro atoms. The molecule has 0 bridgehead atoms. The number of carboxylic acids is 1. The molecule has 0 unspecified atom stereocenters. The minimum atomic E-state index is -1.08. The minimum absolute atomic E-state index is 0.0736. The maximum Gasteiger partial charge on any atom is 0.371 e. The molecule has 0 amide bonds. The summed E-state index contributed by atoms with van der Waals surface area (Å²) in [5.74, 6) is 1.81. The van der Waals surface area contributed by atoms with E-state index in [4.69, 9.17) is 15.9 Å². The molecule has 0 radical (unpaired) electrons. The van der Waals surface area contributed by atoms with Crippen molar-refractivity contribution in [1.29, 1.82) is 0 Å². The van der Waals surface area contributed by atoms with E-state index in [0.717, 1.165) is 0 Å². The van der Waals surface area contributed by atoms with Crippen molar-refractivity contribution in [3.05, 3.63) is 17.9 Å². The van der Waals surface area contributed by atoms with Crippen LogP contribution in [0.1, 0.15) is 17.5 Å². The summed E-state index contributed by atoms with van der Waals surface area (Å²) >= 11 is 0. The maximum absolute atomic E-state index is 10.5. The predicted molar refractivity (Wildman–Crippen MR) is 52.4 cm³/mol. The number of nitrogens with zero attached hydrogens (tertiary/aromatic N) is 1. The zero-order valence-corrected chi connectivity index (χ0v) is 7.86. The molecule has 4 heteroatoms. The van der Waals surface area contributed by atoms with Gasteiger partial charge < -0.3 is 14.4 Å². The van der Waals surface area contributed by atoms with Gasteiger partial charge in [-0.05, 0) is 13.0 Å². The van der Waals surface area contributed by atoms with Crippen molar-refractivity contribution in [1.82, 2.24) is 0 Å². The number of furan rings is 1. The summed E-state index contributed by atoms with van der Waals surface area (Å²) in [5, 5.41) is 8.63. The van der Waals surface area contributed by atoms with Gasteiger partial charge >= 0.3 is 5.97 Å². The number of rotatable bonds is 4. The lowest BCUT2D eigenvalue weighted by Crippen LogP contribution is -2.22. The highest BCUT2D eigenvalue weighted by Crippen LogP contribution is 2.17. The van der Waals surface area contributed by atoms with Gasteiger partial charge in [-0.3, -0.25) is 0 Å². The van der Waals surface area contributed by atoms with Crippen molar-refractivity contribution in [2.45, 2.75) is 6.92 Å². The first-order valence-corrected chi connectivity index (χ1v) is 4.20. The Balaban J connectivity index is 2.84. The summed E-state index contributed by atoms with van der Waals surface area (Å²) < 4.78 is 5.08. The average Bonchev–Trinajstić information content (AvgIpc) is 2.63. The first-order chi connectivity index (χ1) is 6.69. The van der Waals surface area contributed by atoms with Crippen molar-refractivity contribution >= 4 is 11.9 Å². The van der Waals surface area contributed by atoms with Crippen molar-refractivity contribution in [2.24, 2.45) is 0 Å². The van der Waals surface area contributed by atoms with Crippen LogP contribution in [0, 0.1) is 12.3 Å². The van der Waals surface area contributed by atoms with Gasteiger partial charge in [-0.25, -0.2) is 4.79 Å². The standard InChI is InChI=1S/C10H11NO3/c1-3-7-11(4-2)9-6-5-8(14-9)10(12)13/h1,5-6H,4,7H2,2H3,(H,12,13). The summed E-state index contributed by atoms with van der Waals surface area (Å²) in [5.41, 5.74) is 0. The molecule has 14 heavy (non-hydrogen) atoms. The molecule has 74 valence electrons. The van der Waals surface area contributed by atoms with Crippen LogP contribution < -0.4 is 4.90 Å². The van der Waals surface area contributed by atoms with Crippen LogP contribution in [0.15, 0.2) is 16.5 Å². The number of hydrogen-bond acceptors (Lipinski definition) is 3. The lowest BCUT2D eigenvalue weighted by atomic mass is 10.4. The van der Waals surface area contributed by atoms with Gasteiger partial charge in [-0.15, -0.1) is 6.42 Å². The topological polar surface area (TPSA) is 53.7 Å². The van der Waals surface area contributed by atoms with E-state index in [1.54, 1.807) is 11.0 Å². The number of hydrogen-bond donors (Lipinski definition) is 1. The van der Waals surface area contributed by atoms with Crippen LogP contribution >= 0.6 is 0 Å². The molecule has 0 saturated heterocycles. The fourth-order valence-corrected chi connectivity index (χ4v) is 1.07. The highest BCUT2D eigenvalue weighted by molar-refractivity contribution is 5.84. The molecule has 0 aromatic carbocycles. The molecule has 4 nitrogen and oxygen atoms in total. The van der Waals surface area contributed by atoms with Crippen LogP contribution in [0.5, 0.6) is 0 Å². The van der Waals surface area contributed by atoms with Crippen molar-refractivity contribution in [3.63, 3.8) is 0 Å². The van der Waals surface area contributed by atoms with Crippen LogP contribution in [0.2, 0.25) is 0 Å². The van der Waals surface area contributed by atoms with Gasteiger partial charge in [0.05, 0.1) is 6.54 Å². The average molecular weight is 193 g/mol. The molecule has 1 aromatic rings. The molecule has 0 fully saturated rings. The minimum Gasteiger partial charge on any atom is -0.475 e. The van der Waals surface area contributed by atoms with E-state index in [0.29, 0.717) is 19.0 Å². The highest BCUT2D eigenvalue weighted by atomic mass is 16.4. The molecule has 1 aromatic heterocycles. The molecular weight excluding hydrogens is 182 g/mol. The fourth-order valence-electron chi connectivity index (χ4n) is 1.07. The van der Waals surface area contributed by atoms with E-state index in [9.17, 15) is 4.79 Å². The Labute approximate surface area is 82.1 Å². The van der Waals surface area contributed by atoms with Gasteiger partial charge in [-0.2, -0.15) is 0 Å². The third-order valence-electron chi connectivity index (χ3n) is 1.78. The lowest BCUT2D eigenvalue weighted by Gasteiger charge is -2.15. The van der Waals surface area contributed by atoms with Crippen LogP contribution in [-0.2, 0) is 0 Å². The number of carbonyl (C=O) groups is 1. The fraction of sp³-hybridized carbons (Fsp3) is 0.300. The van der Waals surface area contributed by atoms with Crippen LogP contribution in [-0.4, -0.2) is 24.2 Å². The van der Waals surface area contributed by atoms with Gasteiger partial charge in [0, 0.05) is 12.6 Å². The molecule has 1 N–H and O–H groups in total. The highest BCUT2D eigenvalue weighted by Gasteiger charge is 2.12. The Morgan fingerprint density at radius 3 is 2.86 bits per heavy atom. The summed E-state index contributed by atoms with van der Waals surface area (Å²) in [6.07, 6.45) is 5.16. The number of aromatic carboxylic acids is 1. The summed E-state index contributed by atoms with van der Waals surface area (Å²) in [6, 6.07) is 3.02. The summed E-state index contributed by atoms with van der Waals surface area (Å²) in [4.78, 5) is 12.3. The Morgan fingerprint density at radius 1 is 1.71 bits per heavy atom. The van der Waals surface area contributed by atoms with E-state index in [2.05, 4.69) is 5.92 Å². The van der Waals surface area contributed by atoms with Crippen molar-refractivity contribution in [2.75, 3.05) is 18.0 Å². The Kier molecular flexibility index (Phi) is 3.19. The molecule has 0 aliphatic rings. The monoisotopic (exact) mass is 193 g/mol. The SMILES string of the molecule is C#CCN(CC)c1ccc(C(=O)O)o1. The van der Waals surface area contributed by atoms with Crippen molar-refractivity contribution < 1.29 is 14.3 Å². The predicted octanol–water partition coefficient (Wildman–Crippen LogP) is 1.44. The molecule has 0 saturated carbocycles. The second-order valence-corrected chi connectivity index (χ2v) is 2.66. The van der Waals surface area contributed by atoms with Gasteiger partial charge in [0.25, 0.3) is 0 Å². The normalized spacial score (nSPS) is 9.43. The van der Waals surface area contributed by atoms with E-state index in [1.165, 1.54) is 6.07 Å². The first kappa shape index (κ1) is 10.2. The molecule has 0 aliphatic carbocycles. The summed E-state index contributed by atoms with van der Waals surface area (Å²) in [7, 11) is 0. The summed E-state index contributed by atoms with van der Waals surface area (Å²) in [6.45, 7) is 3.00. The molecular formula is C10H11NO3. The van der Waals surface area contributed by atoms with E-state index < -0.39 is 5.97 Å². The van der Waals surface area contributed by atoms with Crippen LogP contribution in [0.3, 0.4) is 0 Å². The molecule has 0 aliphatic heterocycles. The Morgan fingerprint density at radius 2 is 2.43 bits per heavy atom. The largest absolute Gasteiger partial charge is 0.475 e. The number of anilines is 1. The Bertz CT molecular complexity index is 362. The molecule has 1 rings (SSSR count). The van der Waals surface area contributed by atoms with Crippen molar-refractivity contribution in [3.8, 4) is 12.3 Å². The lowest BCUT2D eigenvalue weighted by molar-refractivity contribution is 0.0663. The quantitative estimate of drug-likeness (QED) is 0.735. The third kappa shape index (κ3) is 2.07. The zero-order chi connectivity index (χ0) is 10.6. The van der Waals surface area contributed by atoms with E-state index in [1.807, 2.05) is 6.92 Å². The zero-order valence-electron chi connectivity index (χ0n) is 7.86.